The summed E-state index contributed by atoms with van der Waals surface area (Å²) in [6.45, 7) is 3.10. The summed E-state index contributed by atoms with van der Waals surface area (Å²) in [5, 5.41) is 0. The molecule has 35 heavy (non-hydrogen) atoms. The Bertz CT molecular complexity index is 1280. The molecule has 1 amide bonds. The predicted molar refractivity (Wildman–Crippen MR) is 132 cm³/mol. The molecule has 0 spiro atoms. The van der Waals surface area contributed by atoms with E-state index in [0.717, 1.165) is 0 Å². The third kappa shape index (κ3) is 6.03. The van der Waals surface area contributed by atoms with Crippen LogP contribution in [-0.2, 0) is 22.4 Å². The van der Waals surface area contributed by atoms with E-state index in [2.05, 4.69) is 30.9 Å². The first-order valence-electron chi connectivity index (χ1n) is 11.2. The SMILES string of the molecule is CC(=O)c1cc(CC(=O)N2C[C@H](F)C[C@H]2C(=O)Cc2cccc(Br)n2)cc(-c2cnc(C)nc2)c1. The van der Waals surface area contributed by atoms with Crippen LogP contribution in [0.25, 0.3) is 11.1 Å². The number of benzene rings is 1. The lowest BCUT2D eigenvalue weighted by molar-refractivity contribution is -0.136. The number of amides is 1. The Balaban J connectivity index is 1.56. The molecule has 0 unspecified atom stereocenters. The van der Waals surface area contributed by atoms with E-state index in [1.54, 1.807) is 55.7 Å². The maximum Gasteiger partial charge on any atom is 0.227 e. The first kappa shape index (κ1) is 24.8. The van der Waals surface area contributed by atoms with Crippen LogP contribution in [0.1, 0.15) is 40.8 Å². The Morgan fingerprint density at radius 2 is 1.83 bits per heavy atom. The quantitative estimate of drug-likeness (QED) is 0.332. The number of carbonyl (C=O) groups is 3. The number of hydrogen-bond donors (Lipinski definition) is 0. The lowest BCUT2D eigenvalue weighted by Crippen LogP contribution is -2.42. The maximum absolute atomic E-state index is 14.3. The van der Waals surface area contributed by atoms with Crippen LogP contribution in [0.15, 0.2) is 53.4 Å². The Kier molecular flexibility index (Phi) is 7.45. The van der Waals surface area contributed by atoms with E-state index >= 15 is 0 Å². The summed E-state index contributed by atoms with van der Waals surface area (Å²) in [6.07, 6.45) is 1.97. The second kappa shape index (κ2) is 10.5. The van der Waals surface area contributed by atoms with Crippen molar-refractivity contribution in [1.82, 2.24) is 19.9 Å². The highest BCUT2D eigenvalue weighted by atomic mass is 79.9. The molecule has 1 aliphatic rings. The van der Waals surface area contributed by atoms with Crippen molar-refractivity contribution in [2.24, 2.45) is 0 Å². The second-order valence-corrected chi connectivity index (χ2v) is 9.47. The number of carbonyl (C=O) groups excluding carboxylic acids is 3. The molecule has 0 bridgehead atoms. The average molecular weight is 539 g/mol. The zero-order chi connectivity index (χ0) is 25.1. The topological polar surface area (TPSA) is 93.1 Å². The van der Waals surface area contributed by atoms with Crippen molar-refractivity contribution in [2.75, 3.05) is 6.54 Å². The van der Waals surface area contributed by atoms with Gasteiger partial charge in [0.05, 0.1) is 25.4 Å². The molecule has 1 fully saturated rings. The molecule has 180 valence electrons. The number of rotatable bonds is 7. The van der Waals surface area contributed by atoms with Crippen LogP contribution < -0.4 is 0 Å². The molecule has 1 aromatic carbocycles. The van der Waals surface area contributed by atoms with Gasteiger partial charge in [0.25, 0.3) is 0 Å². The van der Waals surface area contributed by atoms with Gasteiger partial charge in [0.15, 0.2) is 11.6 Å². The third-order valence-electron chi connectivity index (χ3n) is 5.94. The summed E-state index contributed by atoms with van der Waals surface area (Å²) in [7, 11) is 0. The third-order valence-corrected chi connectivity index (χ3v) is 6.38. The van der Waals surface area contributed by atoms with Crippen LogP contribution >= 0.6 is 15.9 Å². The maximum atomic E-state index is 14.3. The highest BCUT2D eigenvalue weighted by molar-refractivity contribution is 9.10. The first-order valence-corrected chi connectivity index (χ1v) is 12.0. The van der Waals surface area contributed by atoms with Gasteiger partial charge < -0.3 is 4.90 Å². The van der Waals surface area contributed by atoms with E-state index < -0.39 is 12.2 Å². The normalized spacial score (nSPS) is 17.4. The minimum Gasteiger partial charge on any atom is -0.329 e. The summed E-state index contributed by atoms with van der Waals surface area (Å²) in [5.41, 5.74) is 3.02. The van der Waals surface area contributed by atoms with E-state index in [9.17, 15) is 18.8 Å². The lowest BCUT2D eigenvalue weighted by atomic mass is 9.97. The van der Waals surface area contributed by atoms with Crippen molar-refractivity contribution >= 4 is 33.4 Å². The van der Waals surface area contributed by atoms with Crippen molar-refractivity contribution < 1.29 is 18.8 Å². The van der Waals surface area contributed by atoms with Crippen LogP contribution in [0.3, 0.4) is 0 Å². The monoisotopic (exact) mass is 538 g/mol. The molecule has 7 nitrogen and oxygen atoms in total. The Labute approximate surface area is 210 Å². The number of Topliss-reactive ketones (excluding diaryl/α,β-unsaturated/α-hetero) is 2. The second-order valence-electron chi connectivity index (χ2n) is 8.66. The van der Waals surface area contributed by atoms with Gasteiger partial charge >= 0.3 is 0 Å². The van der Waals surface area contributed by atoms with Crippen LogP contribution in [0, 0.1) is 6.92 Å². The van der Waals surface area contributed by atoms with Crippen molar-refractivity contribution in [3.63, 3.8) is 0 Å². The molecule has 1 saturated heterocycles. The molecule has 0 radical (unpaired) electrons. The largest absolute Gasteiger partial charge is 0.329 e. The van der Waals surface area contributed by atoms with E-state index in [1.807, 2.05) is 0 Å². The predicted octanol–water partition coefficient (Wildman–Crippen LogP) is 4.11. The summed E-state index contributed by atoms with van der Waals surface area (Å²) in [4.78, 5) is 52.3. The lowest BCUT2D eigenvalue weighted by Gasteiger charge is -2.23. The summed E-state index contributed by atoms with van der Waals surface area (Å²) in [5.74, 6) is -0.139. The van der Waals surface area contributed by atoms with Gasteiger partial charge in [-0.05, 0) is 65.2 Å². The van der Waals surface area contributed by atoms with Crippen molar-refractivity contribution in [3.8, 4) is 11.1 Å². The number of likely N-dealkylation sites (tertiary alicyclic amines) is 1. The number of aryl methyl sites for hydroxylation is 1. The van der Waals surface area contributed by atoms with E-state index in [0.29, 0.717) is 38.4 Å². The van der Waals surface area contributed by atoms with Gasteiger partial charge in [0.1, 0.15) is 16.6 Å². The molecule has 0 saturated carbocycles. The van der Waals surface area contributed by atoms with Crippen molar-refractivity contribution in [1.29, 1.82) is 0 Å². The number of alkyl halides is 1. The molecule has 0 N–H and O–H groups in total. The van der Waals surface area contributed by atoms with Gasteiger partial charge in [-0.2, -0.15) is 0 Å². The minimum absolute atomic E-state index is 0.0119. The van der Waals surface area contributed by atoms with Gasteiger partial charge in [-0.1, -0.05) is 12.1 Å². The van der Waals surface area contributed by atoms with Crippen LogP contribution in [0.2, 0.25) is 0 Å². The van der Waals surface area contributed by atoms with Crippen LogP contribution in [0.4, 0.5) is 4.39 Å². The molecule has 4 rings (SSSR count). The number of pyridine rings is 1. The average Bonchev–Trinajstić information content (AvgIpc) is 3.21. The van der Waals surface area contributed by atoms with Gasteiger partial charge in [0, 0.05) is 35.6 Å². The molecule has 1 aliphatic heterocycles. The molecule has 3 heterocycles. The molecule has 2 aromatic heterocycles. The van der Waals surface area contributed by atoms with Crippen LogP contribution in [0.5, 0.6) is 0 Å². The Hall–Kier alpha value is -3.33. The minimum atomic E-state index is -1.27. The fourth-order valence-electron chi connectivity index (χ4n) is 4.19. The fraction of sp³-hybridized carbons (Fsp3) is 0.308. The zero-order valence-electron chi connectivity index (χ0n) is 19.4. The highest BCUT2D eigenvalue weighted by Crippen LogP contribution is 2.26. The molecule has 9 heteroatoms. The number of halogens is 2. The number of aromatic nitrogens is 3. The molecular weight excluding hydrogens is 515 g/mol. The smallest absolute Gasteiger partial charge is 0.227 e. The summed E-state index contributed by atoms with van der Waals surface area (Å²) >= 11 is 3.28. The van der Waals surface area contributed by atoms with Crippen molar-refractivity contribution in [2.45, 2.75) is 45.3 Å². The van der Waals surface area contributed by atoms with Crippen molar-refractivity contribution in [3.05, 3.63) is 76.0 Å². The van der Waals surface area contributed by atoms with Crippen LogP contribution in [-0.4, -0.2) is 56.1 Å². The Morgan fingerprint density at radius 1 is 1.09 bits per heavy atom. The molecule has 0 aliphatic carbocycles. The summed E-state index contributed by atoms with van der Waals surface area (Å²) in [6, 6.07) is 9.58. The number of ketones is 2. The Morgan fingerprint density at radius 3 is 2.51 bits per heavy atom. The highest BCUT2D eigenvalue weighted by Gasteiger charge is 2.39. The standard InChI is InChI=1S/C26H24BrFN4O3/c1-15(33)18-6-17(7-19(9-18)20-12-29-16(2)30-13-20)8-26(35)32-14-21(28)10-23(32)24(34)11-22-4-3-5-25(27)31-22/h3-7,9,12-13,21,23H,8,10-11,14H2,1-2H3/t21-,23+/m1/s1. The molecule has 3 aromatic rings. The van der Waals surface area contributed by atoms with E-state index in [-0.39, 0.29) is 43.3 Å². The first-order chi connectivity index (χ1) is 16.7. The van der Waals surface area contributed by atoms with Gasteiger partial charge in [0.2, 0.25) is 5.91 Å². The number of nitrogens with zero attached hydrogens (tertiary/aromatic N) is 4. The van der Waals surface area contributed by atoms with Gasteiger partial charge in [-0.3, -0.25) is 14.4 Å². The summed E-state index contributed by atoms with van der Waals surface area (Å²) < 4.78 is 14.9. The zero-order valence-corrected chi connectivity index (χ0v) is 21.0. The molecular formula is C26H24BrFN4O3. The van der Waals surface area contributed by atoms with Gasteiger partial charge in [-0.15, -0.1) is 0 Å². The fourth-order valence-corrected chi connectivity index (χ4v) is 4.57. The van der Waals surface area contributed by atoms with E-state index in [4.69, 9.17) is 0 Å². The number of hydrogen-bond acceptors (Lipinski definition) is 6. The molecule has 2 atom stereocenters. The van der Waals surface area contributed by atoms with E-state index in [1.165, 1.54) is 11.8 Å². The van der Waals surface area contributed by atoms with Gasteiger partial charge in [-0.25, -0.2) is 19.3 Å².